The number of halogens is 1. The lowest BCUT2D eigenvalue weighted by atomic mass is 10.2. The molecule has 20 heavy (non-hydrogen) atoms. The summed E-state index contributed by atoms with van der Waals surface area (Å²) >= 11 is 1.47. The summed E-state index contributed by atoms with van der Waals surface area (Å²) in [5.74, 6) is -0.439. The molecule has 0 unspecified atom stereocenters. The summed E-state index contributed by atoms with van der Waals surface area (Å²) in [6.07, 6.45) is 1.24. The number of nitrogens with one attached hydrogen (secondary N) is 1. The normalized spacial score (nSPS) is 13.1. The van der Waals surface area contributed by atoms with Crippen LogP contribution in [0.15, 0.2) is 40.4 Å². The van der Waals surface area contributed by atoms with E-state index in [9.17, 15) is 14.0 Å². The highest BCUT2D eigenvalue weighted by Crippen LogP contribution is 2.20. The van der Waals surface area contributed by atoms with E-state index in [0.717, 1.165) is 5.75 Å². The van der Waals surface area contributed by atoms with Gasteiger partial charge in [0.05, 0.1) is 5.69 Å². The number of carbonyl (C=O) groups is 1. The molecule has 0 saturated carbocycles. The highest BCUT2D eigenvalue weighted by Gasteiger charge is 2.20. The van der Waals surface area contributed by atoms with Crippen molar-refractivity contribution < 1.29 is 9.18 Å². The number of para-hydroxylation sites is 1. The maximum Gasteiger partial charge on any atom is 0.267 e. The summed E-state index contributed by atoms with van der Waals surface area (Å²) in [7, 11) is 0. The fourth-order valence-corrected chi connectivity index (χ4v) is 2.84. The molecular formula is C13H10FN3O2S. The first-order valence-electron chi connectivity index (χ1n) is 5.95. The van der Waals surface area contributed by atoms with Crippen LogP contribution in [-0.2, 0) is 6.54 Å². The number of amides is 1. The molecule has 3 rings (SSSR count). The van der Waals surface area contributed by atoms with E-state index in [4.69, 9.17) is 0 Å². The summed E-state index contributed by atoms with van der Waals surface area (Å²) in [4.78, 5) is 28.3. The minimum Gasteiger partial charge on any atom is -0.319 e. The molecule has 0 fully saturated rings. The lowest BCUT2D eigenvalue weighted by Crippen LogP contribution is -2.29. The molecule has 1 aromatic carbocycles. The molecule has 0 bridgehead atoms. The number of nitrogens with zero attached hydrogens (tertiary/aromatic N) is 2. The maximum atomic E-state index is 13.5. The zero-order chi connectivity index (χ0) is 14.1. The van der Waals surface area contributed by atoms with Gasteiger partial charge in [0.15, 0.2) is 5.16 Å². The van der Waals surface area contributed by atoms with E-state index in [1.54, 1.807) is 6.07 Å². The third kappa shape index (κ3) is 2.20. The second-order valence-corrected chi connectivity index (χ2v) is 5.26. The molecule has 0 atom stereocenters. The molecule has 7 heteroatoms. The van der Waals surface area contributed by atoms with Gasteiger partial charge < -0.3 is 5.32 Å². The Morgan fingerprint density at radius 1 is 1.40 bits per heavy atom. The average Bonchev–Trinajstić information content (AvgIpc) is 2.91. The monoisotopic (exact) mass is 291 g/mol. The molecule has 1 amide bonds. The summed E-state index contributed by atoms with van der Waals surface area (Å²) in [6.45, 7) is 0.534. The number of aromatic nitrogens is 2. The van der Waals surface area contributed by atoms with Crippen LogP contribution in [0, 0.1) is 5.82 Å². The van der Waals surface area contributed by atoms with Gasteiger partial charge >= 0.3 is 0 Å². The Bertz CT molecular complexity index is 745. The summed E-state index contributed by atoms with van der Waals surface area (Å²) in [6, 6.07) is 5.79. The van der Waals surface area contributed by atoms with Crippen molar-refractivity contribution in [3.63, 3.8) is 0 Å². The number of hydrogen-bond acceptors (Lipinski definition) is 4. The van der Waals surface area contributed by atoms with E-state index < -0.39 is 17.3 Å². The number of carbonyl (C=O) groups excluding carboxylic acids is 1. The zero-order valence-electron chi connectivity index (χ0n) is 10.3. The summed E-state index contributed by atoms with van der Waals surface area (Å²) < 4.78 is 14.9. The lowest BCUT2D eigenvalue weighted by Gasteiger charge is -2.07. The largest absolute Gasteiger partial charge is 0.319 e. The smallest absolute Gasteiger partial charge is 0.267 e. The van der Waals surface area contributed by atoms with Crippen LogP contribution in [0.4, 0.5) is 10.1 Å². The standard InChI is InChI=1S/C13H10FN3O2S/c14-9-3-1-2-4-10(9)16-11(18)8-7-15-13-17(12(8)19)5-6-20-13/h1-4,7H,5-6H2,(H,16,18). The van der Waals surface area contributed by atoms with Crippen molar-refractivity contribution in [2.75, 3.05) is 11.1 Å². The fraction of sp³-hybridized carbons (Fsp3) is 0.154. The Morgan fingerprint density at radius 2 is 2.20 bits per heavy atom. The van der Waals surface area contributed by atoms with Gasteiger partial charge in [0, 0.05) is 18.5 Å². The van der Waals surface area contributed by atoms with E-state index in [1.807, 2.05) is 0 Å². The second kappa shape index (κ2) is 5.09. The van der Waals surface area contributed by atoms with Crippen LogP contribution >= 0.6 is 11.8 Å². The molecule has 0 aliphatic carbocycles. The molecule has 1 aromatic heterocycles. The Balaban J connectivity index is 1.93. The van der Waals surface area contributed by atoms with Crippen molar-refractivity contribution in [2.24, 2.45) is 0 Å². The zero-order valence-corrected chi connectivity index (χ0v) is 11.1. The van der Waals surface area contributed by atoms with E-state index in [1.165, 1.54) is 40.7 Å². The van der Waals surface area contributed by atoms with Crippen LogP contribution in [0.2, 0.25) is 0 Å². The number of fused-ring (bicyclic) bond motifs is 1. The molecular weight excluding hydrogens is 281 g/mol. The molecule has 1 aliphatic rings. The van der Waals surface area contributed by atoms with Crippen molar-refractivity contribution in [1.29, 1.82) is 0 Å². The van der Waals surface area contributed by atoms with Gasteiger partial charge in [-0.05, 0) is 12.1 Å². The number of hydrogen-bond donors (Lipinski definition) is 1. The van der Waals surface area contributed by atoms with Gasteiger partial charge in [0.1, 0.15) is 11.4 Å². The van der Waals surface area contributed by atoms with Gasteiger partial charge in [0.25, 0.3) is 11.5 Å². The second-order valence-electron chi connectivity index (χ2n) is 4.19. The first kappa shape index (κ1) is 12.9. The lowest BCUT2D eigenvalue weighted by molar-refractivity contribution is 0.102. The topological polar surface area (TPSA) is 64.0 Å². The van der Waals surface area contributed by atoms with Gasteiger partial charge in [0.2, 0.25) is 0 Å². The van der Waals surface area contributed by atoms with E-state index >= 15 is 0 Å². The molecule has 5 nitrogen and oxygen atoms in total. The van der Waals surface area contributed by atoms with Gasteiger partial charge in [-0.25, -0.2) is 9.37 Å². The van der Waals surface area contributed by atoms with Gasteiger partial charge in [-0.15, -0.1) is 0 Å². The molecule has 102 valence electrons. The Morgan fingerprint density at radius 3 is 3.00 bits per heavy atom. The van der Waals surface area contributed by atoms with Crippen LogP contribution in [0.3, 0.4) is 0 Å². The summed E-state index contributed by atoms with van der Waals surface area (Å²) in [5, 5.41) is 2.99. The van der Waals surface area contributed by atoms with Crippen molar-refractivity contribution >= 4 is 23.4 Å². The molecule has 0 spiro atoms. The van der Waals surface area contributed by atoms with Gasteiger partial charge in [-0.2, -0.15) is 0 Å². The predicted octanol–water partition coefficient (Wildman–Crippen LogP) is 1.74. The number of benzene rings is 1. The maximum absolute atomic E-state index is 13.5. The average molecular weight is 291 g/mol. The Kier molecular flexibility index (Phi) is 3.27. The number of thioether (sulfide) groups is 1. The first-order valence-corrected chi connectivity index (χ1v) is 6.94. The third-order valence-corrected chi connectivity index (χ3v) is 3.89. The Labute approximate surface area is 117 Å². The van der Waals surface area contributed by atoms with Crippen molar-refractivity contribution in [3.05, 3.63) is 52.2 Å². The highest BCUT2D eigenvalue weighted by atomic mass is 32.2. The first-order chi connectivity index (χ1) is 9.66. The predicted molar refractivity (Wildman–Crippen MR) is 73.6 cm³/mol. The third-order valence-electron chi connectivity index (χ3n) is 2.92. The fourth-order valence-electron chi connectivity index (χ4n) is 1.93. The van der Waals surface area contributed by atoms with Crippen LogP contribution in [0.25, 0.3) is 0 Å². The Hall–Kier alpha value is -2.15. The van der Waals surface area contributed by atoms with Crippen LogP contribution in [-0.4, -0.2) is 21.2 Å². The summed E-state index contributed by atoms with van der Waals surface area (Å²) in [5.41, 5.74) is -0.440. The van der Waals surface area contributed by atoms with Crippen LogP contribution in [0.1, 0.15) is 10.4 Å². The molecule has 0 saturated heterocycles. The van der Waals surface area contributed by atoms with Gasteiger partial charge in [-0.3, -0.25) is 14.2 Å². The number of rotatable bonds is 2. The molecule has 1 N–H and O–H groups in total. The molecule has 2 heterocycles. The minimum atomic E-state index is -0.653. The van der Waals surface area contributed by atoms with E-state index in [2.05, 4.69) is 10.3 Å². The van der Waals surface area contributed by atoms with E-state index in [-0.39, 0.29) is 11.3 Å². The molecule has 1 aliphatic heterocycles. The number of anilines is 1. The minimum absolute atomic E-state index is 0.0387. The van der Waals surface area contributed by atoms with Crippen molar-refractivity contribution in [2.45, 2.75) is 11.7 Å². The van der Waals surface area contributed by atoms with Crippen LogP contribution < -0.4 is 10.9 Å². The van der Waals surface area contributed by atoms with Crippen molar-refractivity contribution in [3.8, 4) is 0 Å². The van der Waals surface area contributed by atoms with Crippen LogP contribution in [0.5, 0.6) is 0 Å². The molecule has 2 aromatic rings. The van der Waals surface area contributed by atoms with Gasteiger partial charge in [-0.1, -0.05) is 23.9 Å². The van der Waals surface area contributed by atoms with Crippen molar-refractivity contribution in [1.82, 2.24) is 9.55 Å². The highest BCUT2D eigenvalue weighted by molar-refractivity contribution is 7.99. The SMILES string of the molecule is O=C(Nc1ccccc1F)c1cnc2n(c1=O)CCS2. The van der Waals surface area contributed by atoms with E-state index in [0.29, 0.717) is 11.7 Å². The quantitative estimate of drug-likeness (QED) is 0.856. The molecule has 0 radical (unpaired) electrons.